The van der Waals surface area contributed by atoms with E-state index < -0.39 is 41.6 Å². The number of imidazole rings is 1. The van der Waals surface area contributed by atoms with Gasteiger partial charge < -0.3 is 35.4 Å². The number of para-hydroxylation sites is 1. The minimum Gasteiger partial charge on any atom is -0.480 e. The predicted octanol–water partition coefficient (Wildman–Crippen LogP) is 3.62. The molecule has 1 aromatic carbocycles. The third-order valence-corrected chi connectivity index (χ3v) is 13.6. The Hall–Kier alpha value is -6.01. The summed E-state index contributed by atoms with van der Waals surface area (Å²) in [5.74, 6) is 5.11. The van der Waals surface area contributed by atoms with Crippen molar-refractivity contribution in [3.05, 3.63) is 70.2 Å². The number of benzene rings is 1. The monoisotopic (exact) mass is 898 g/mol. The lowest BCUT2D eigenvalue weighted by Crippen LogP contribution is -2.44. The summed E-state index contributed by atoms with van der Waals surface area (Å²) >= 11 is 0. The third-order valence-electron chi connectivity index (χ3n) is 13.6. The van der Waals surface area contributed by atoms with Crippen molar-refractivity contribution in [1.82, 2.24) is 28.7 Å². The van der Waals surface area contributed by atoms with Crippen molar-refractivity contribution in [2.75, 3.05) is 51.4 Å². The molecule has 4 atom stereocenters. The van der Waals surface area contributed by atoms with E-state index in [9.17, 15) is 33.1 Å². The molecule has 344 valence electrons. The molecule has 0 radical (unpaired) electrons. The number of hydrogen-bond acceptors (Lipinski definition) is 11. The van der Waals surface area contributed by atoms with Gasteiger partial charge in [-0.3, -0.25) is 23.4 Å². The van der Waals surface area contributed by atoms with Crippen LogP contribution in [-0.2, 0) is 30.9 Å². The number of fused-ring (bicyclic) bond motifs is 3. The van der Waals surface area contributed by atoms with Crippen LogP contribution >= 0.6 is 0 Å². The molecule has 2 unspecified atom stereocenters. The molecule has 1 saturated carbocycles. The van der Waals surface area contributed by atoms with Gasteiger partial charge in [0.25, 0.3) is 12.3 Å². The second-order valence-corrected chi connectivity index (χ2v) is 17.9. The fourth-order valence-corrected chi connectivity index (χ4v) is 10.1. The van der Waals surface area contributed by atoms with Gasteiger partial charge in [0.15, 0.2) is 5.69 Å². The molecule has 4 fully saturated rings. The fraction of sp³-hybridized carbons (Fsp3) is 0.533. The van der Waals surface area contributed by atoms with Crippen molar-refractivity contribution in [3.63, 3.8) is 0 Å². The minimum absolute atomic E-state index is 0.00132. The summed E-state index contributed by atoms with van der Waals surface area (Å²) in [6.07, 6.45) is 11.8. The first-order valence-corrected chi connectivity index (χ1v) is 22.3. The number of carboxylic acids is 1. The van der Waals surface area contributed by atoms with Crippen LogP contribution in [0.15, 0.2) is 63.3 Å². The number of hydrogen-bond donors (Lipinski definition) is 3. The molecule has 2 amide bonds. The zero-order valence-electron chi connectivity index (χ0n) is 36.2. The van der Waals surface area contributed by atoms with Gasteiger partial charge >= 0.3 is 11.7 Å². The van der Waals surface area contributed by atoms with E-state index in [1.165, 1.54) is 21.5 Å². The van der Waals surface area contributed by atoms with Crippen LogP contribution in [0.1, 0.15) is 87.6 Å². The first-order valence-electron chi connectivity index (χ1n) is 22.3. The van der Waals surface area contributed by atoms with E-state index in [4.69, 9.17) is 20.2 Å². The number of carboxylic acid groups (broad SMARTS) is 1. The van der Waals surface area contributed by atoms with Gasteiger partial charge in [0.2, 0.25) is 12.6 Å². The average molecular weight is 899 g/mol. The van der Waals surface area contributed by atoms with Crippen molar-refractivity contribution in [2.45, 2.75) is 94.5 Å². The Morgan fingerprint density at radius 3 is 2.60 bits per heavy atom. The second kappa shape index (κ2) is 18.5. The molecule has 3 aromatic rings. The number of likely N-dealkylation sites (tertiary alicyclic amines) is 2. The highest BCUT2D eigenvalue weighted by Gasteiger charge is 2.42. The Kier molecular flexibility index (Phi) is 12.6. The van der Waals surface area contributed by atoms with Crippen molar-refractivity contribution in [1.29, 1.82) is 0 Å². The Balaban J connectivity index is 0.728. The van der Waals surface area contributed by atoms with Crippen molar-refractivity contribution in [3.8, 4) is 11.8 Å². The maximum atomic E-state index is 14.2. The van der Waals surface area contributed by atoms with Crippen LogP contribution in [-0.4, -0.2) is 133 Å². The van der Waals surface area contributed by atoms with Crippen LogP contribution in [0, 0.1) is 17.8 Å². The van der Waals surface area contributed by atoms with Gasteiger partial charge in [-0.05, 0) is 69.4 Å². The lowest BCUT2D eigenvalue weighted by molar-refractivity contribution is -0.832. The number of quaternary nitrogens is 1. The Morgan fingerprint density at radius 2 is 1.92 bits per heavy atom. The fourth-order valence-electron chi connectivity index (χ4n) is 10.1. The Bertz CT molecular complexity index is 2590. The quantitative estimate of drug-likeness (QED) is 0.168. The van der Waals surface area contributed by atoms with Gasteiger partial charge in [0.05, 0.1) is 53.2 Å². The molecule has 1 spiro atoms. The van der Waals surface area contributed by atoms with Crippen molar-refractivity contribution < 1.29 is 42.3 Å². The van der Waals surface area contributed by atoms with E-state index in [-0.39, 0.29) is 53.6 Å². The van der Waals surface area contributed by atoms with Gasteiger partial charge in [-0.2, -0.15) is 5.10 Å². The molecule has 5 aliphatic heterocycles. The first kappa shape index (κ1) is 44.2. The molecule has 3 saturated heterocycles. The number of carbonyl (C=O) groups excluding carboxylic acids is 2. The number of aliphatic carboxylic acids is 1. The van der Waals surface area contributed by atoms with Crippen molar-refractivity contribution >= 4 is 46.6 Å². The van der Waals surface area contributed by atoms with Crippen LogP contribution in [0.3, 0.4) is 0 Å². The van der Waals surface area contributed by atoms with Crippen LogP contribution < -0.4 is 16.7 Å². The highest BCUT2D eigenvalue weighted by molar-refractivity contribution is 6.18. The number of aromatic nitrogens is 4. The van der Waals surface area contributed by atoms with E-state index in [0.717, 1.165) is 77.0 Å². The number of amides is 2. The SMILES string of the molecule is Cn1c(=O)n(C(CCC(N)=O)C(=O)O)c2cccc(C#CCOC3CCN(CC4CCC(n5cc(NC(=O)C6=C[N+]7(C=CC(N8C[C@H]9C[C@@H]8CO9)=NC7)N=C6)c(C(F)F)n5)CC4)CC3)c21. The molecule has 20 heteroatoms. The van der Waals surface area contributed by atoms with Crippen molar-refractivity contribution in [2.24, 2.45) is 28.8 Å². The number of alkyl halides is 2. The Morgan fingerprint density at radius 1 is 1.12 bits per heavy atom. The summed E-state index contributed by atoms with van der Waals surface area (Å²) in [4.78, 5) is 59.5. The van der Waals surface area contributed by atoms with E-state index in [2.05, 4.69) is 37.2 Å². The number of carbonyl (C=O) groups is 3. The number of nitrogens with two attached hydrogens (primary N) is 1. The standard InChI is InChI=1S/C45H53F2N11O7/c1-53-41-29(4-2-6-36(41)57(45(53)63)37(44(61)62)11-12-38(48)59)5-3-19-64-33-13-16-54(17-14-33)22-28-7-9-31(10-8-28)56-24-35(40(52-56)42(46)47)51-43(60)30-21-50-58(25-30)18-15-39(49-27-58)55-23-34-20-32(55)26-65-34/h2,4,6,15,18,21,24-25,28,31-34,37,42H,7-14,16-17,19-20,22-23,26-27H2,1H3,(H3-,48,51,59,60,61,62)/p+1/t28?,31?,32-,34-,37?,58?/m1/s1. The number of amidine groups is 1. The molecule has 2 aromatic heterocycles. The molecule has 4 N–H and O–H groups in total. The van der Waals surface area contributed by atoms with E-state index in [0.29, 0.717) is 41.8 Å². The lowest BCUT2D eigenvalue weighted by atomic mass is 9.85. The highest BCUT2D eigenvalue weighted by Crippen LogP contribution is 2.36. The number of ether oxygens (including phenoxy) is 2. The normalized spacial score (nSPS) is 25.9. The maximum absolute atomic E-state index is 14.2. The number of aliphatic imine (C=N–C) groups is 1. The maximum Gasteiger partial charge on any atom is 0.329 e. The second-order valence-electron chi connectivity index (χ2n) is 17.9. The van der Waals surface area contributed by atoms with Crippen LogP contribution in [0.4, 0.5) is 14.5 Å². The number of morpholine rings is 1. The van der Waals surface area contributed by atoms with E-state index >= 15 is 0 Å². The number of nitrogens with zero attached hydrogens (tertiary/aromatic N) is 9. The molecular formula is C45H54F2N11O7+. The number of primary amides is 1. The number of anilines is 1. The third kappa shape index (κ3) is 9.28. The number of aryl methyl sites for hydroxylation is 1. The number of halogens is 2. The summed E-state index contributed by atoms with van der Waals surface area (Å²) < 4.78 is 44.5. The van der Waals surface area contributed by atoms with Crippen LogP contribution in [0.25, 0.3) is 11.0 Å². The number of rotatable bonds is 13. The summed E-state index contributed by atoms with van der Waals surface area (Å²) in [5.41, 5.74) is 6.02. The molecule has 65 heavy (non-hydrogen) atoms. The minimum atomic E-state index is -2.86. The lowest BCUT2D eigenvalue weighted by Gasteiger charge is -2.36. The molecule has 6 aliphatic rings. The topological polar surface area (TPSA) is 204 Å². The molecule has 2 bridgehead atoms. The van der Waals surface area contributed by atoms with Gasteiger partial charge in [0.1, 0.15) is 42.7 Å². The van der Waals surface area contributed by atoms with Gasteiger partial charge in [-0.1, -0.05) is 23.0 Å². The van der Waals surface area contributed by atoms with Crippen LogP contribution in [0.2, 0.25) is 0 Å². The van der Waals surface area contributed by atoms with Gasteiger partial charge in [0, 0.05) is 51.9 Å². The van der Waals surface area contributed by atoms with Crippen LogP contribution in [0.5, 0.6) is 0 Å². The van der Waals surface area contributed by atoms with E-state index in [1.54, 1.807) is 36.1 Å². The molecule has 9 rings (SSSR count). The zero-order valence-corrected chi connectivity index (χ0v) is 36.2. The zero-order chi connectivity index (χ0) is 45.4. The molecular weight excluding hydrogens is 845 g/mol. The average Bonchev–Trinajstić information content (AvgIpc) is 4.15. The van der Waals surface area contributed by atoms with Gasteiger partial charge in [-0.25, -0.2) is 23.4 Å². The first-order chi connectivity index (χ1) is 31.3. The molecule has 7 heterocycles. The molecule has 18 nitrogen and oxygen atoms in total. The molecule has 1 aliphatic carbocycles. The highest BCUT2D eigenvalue weighted by atomic mass is 19.3. The number of piperidine rings is 1. The predicted molar refractivity (Wildman–Crippen MR) is 235 cm³/mol. The summed E-state index contributed by atoms with van der Waals surface area (Å²) in [7, 11) is 1.56. The largest absolute Gasteiger partial charge is 0.480 e. The smallest absolute Gasteiger partial charge is 0.329 e. The Labute approximate surface area is 373 Å². The summed E-state index contributed by atoms with van der Waals surface area (Å²) in [5, 5.41) is 21.3. The number of nitrogens with one attached hydrogen (secondary N) is 1. The van der Waals surface area contributed by atoms with E-state index in [1.807, 2.05) is 12.3 Å². The summed E-state index contributed by atoms with van der Waals surface area (Å²) in [6.45, 7) is 4.72. The van der Waals surface area contributed by atoms with Gasteiger partial charge in [-0.15, -0.1) is 4.59 Å². The summed E-state index contributed by atoms with van der Waals surface area (Å²) in [6, 6.07) is 4.17.